The van der Waals surface area contributed by atoms with Crippen molar-refractivity contribution in [2.75, 3.05) is 6.54 Å². The number of aliphatic hydroxyl groups is 2. The van der Waals surface area contributed by atoms with Crippen LogP contribution < -0.4 is 5.32 Å². The van der Waals surface area contributed by atoms with Crippen molar-refractivity contribution >= 4 is 11.8 Å². The summed E-state index contributed by atoms with van der Waals surface area (Å²) in [6.07, 6.45) is -3.19. The lowest BCUT2D eigenvalue weighted by atomic mass is 10.0. The van der Waals surface area contributed by atoms with Crippen molar-refractivity contribution in [2.24, 2.45) is 5.11 Å². The molecule has 2 rings (SSSR count). The highest BCUT2D eigenvalue weighted by molar-refractivity contribution is 5.67. The predicted octanol–water partition coefficient (Wildman–Crippen LogP) is 2.95. The number of hydrogen-bond donors (Lipinski definition) is 3. The molecule has 2 aromatic carbocycles. The summed E-state index contributed by atoms with van der Waals surface area (Å²) in [5.41, 5.74) is 9.96. The molecule has 2 unspecified atom stereocenters. The van der Waals surface area contributed by atoms with Crippen molar-refractivity contribution in [1.29, 1.82) is 0 Å². The lowest BCUT2D eigenvalue weighted by Crippen LogP contribution is -2.35. The van der Waals surface area contributed by atoms with Crippen LogP contribution in [0.2, 0.25) is 0 Å². The molecule has 2 atom stereocenters. The molecule has 0 aromatic heterocycles. The number of rotatable bonds is 7. The zero-order chi connectivity index (χ0) is 18.1. The first kappa shape index (κ1) is 18.3. The number of carbonyl (C=O) groups is 1. The van der Waals surface area contributed by atoms with Crippen LogP contribution in [0.3, 0.4) is 0 Å². The Kier molecular flexibility index (Phi) is 6.79. The van der Waals surface area contributed by atoms with E-state index in [0.717, 1.165) is 5.56 Å². The summed E-state index contributed by atoms with van der Waals surface area (Å²) in [5.74, 6) is 0. The number of nitrogens with zero attached hydrogens (tertiary/aromatic N) is 3. The smallest absolute Gasteiger partial charge is 0.407 e. The Morgan fingerprint density at radius 2 is 1.96 bits per heavy atom. The average molecular weight is 342 g/mol. The first-order chi connectivity index (χ1) is 12.1. The van der Waals surface area contributed by atoms with E-state index in [-0.39, 0.29) is 13.2 Å². The lowest BCUT2D eigenvalue weighted by Gasteiger charge is -2.19. The van der Waals surface area contributed by atoms with Crippen LogP contribution in [-0.4, -0.2) is 29.0 Å². The molecule has 0 aliphatic rings. The molecule has 0 radical (unpaired) electrons. The van der Waals surface area contributed by atoms with E-state index < -0.39 is 18.3 Å². The molecule has 0 spiro atoms. The molecule has 8 nitrogen and oxygen atoms in total. The molecule has 8 heteroatoms. The minimum absolute atomic E-state index is 0.111. The summed E-state index contributed by atoms with van der Waals surface area (Å²) in [6.45, 7) is -0.0833. The Labute approximate surface area is 144 Å². The Balaban J connectivity index is 1.82. The number of aliphatic hydroxyl groups excluding tert-OH is 2. The largest absolute Gasteiger partial charge is 0.445 e. The van der Waals surface area contributed by atoms with E-state index in [1.807, 2.05) is 30.3 Å². The fourth-order valence-electron chi connectivity index (χ4n) is 2.12. The number of azide groups is 1. The van der Waals surface area contributed by atoms with Gasteiger partial charge >= 0.3 is 6.09 Å². The Hall–Kier alpha value is -3.06. The molecule has 0 heterocycles. The molecule has 0 fully saturated rings. The molecule has 0 saturated heterocycles. The molecule has 1 amide bonds. The second-order valence-corrected chi connectivity index (χ2v) is 5.24. The van der Waals surface area contributed by atoms with Gasteiger partial charge in [0.05, 0.1) is 0 Å². The van der Waals surface area contributed by atoms with Crippen LogP contribution >= 0.6 is 0 Å². The highest BCUT2D eigenvalue weighted by atomic mass is 16.5. The number of alkyl carbamates (subject to hydrolysis) is 1. The molecule has 0 bridgehead atoms. The van der Waals surface area contributed by atoms with E-state index in [0.29, 0.717) is 11.3 Å². The van der Waals surface area contributed by atoms with Crippen LogP contribution in [-0.2, 0) is 11.3 Å². The van der Waals surface area contributed by atoms with Crippen molar-refractivity contribution in [1.82, 2.24) is 5.32 Å². The van der Waals surface area contributed by atoms with E-state index in [1.54, 1.807) is 18.2 Å². The second kappa shape index (κ2) is 9.29. The molecular weight excluding hydrogens is 324 g/mol. The standard InChI is InChI=1S/C17H18N4O4/c18-21-20-14-8-4-7-13(9-14)16(23)15(22)10-19-17(24)25-11-12-5-2-1-3-6-12/h1-9,15-16,22-23H,10-11H2,(H,19,24). The molecule has 2 aromatic rings. The van der Waals surface area contributed by atoms with Crippen molar-refractivity contribution in [3.8, 4) is 0 Å². The van der Waals surface area contributed by atoms with Crippen LogP contribution in [0.15, 0.2) is 59.7 Å². The Bertz CT molecular complexity index is 747. The number of ether oxygens (including phenoxy) is 1. The van der Waals surface area contributed by atoms with E-state index in [4.69, 9.17) is 10.3 Å². The van der Waals surface area contributed by atoms with Crippen LogP contribution in [0.25, 0.3) is 10.4 Å². The number of hydrogen-bond acceptors (Lipinski definition) is 5. The number of carbonyl (C=O) groups excluding carboxylic acids is 1. The lowest BCUT2D eigenvalue weighted by molar-refractivity contribution is 0.0184. The second-order valence-electron chi connectivity index (χ2n) is 5.24. The van der Waals surface area contributed by atoms with Gasteiger partial charge in [0.25, 0.3) is 0 Å². The maximum atomic E-state index is 11.6. The number of amides is 1. The van der Waals surface area contributed by atoms with Gasteiger partial charge in [-0.05, 0) is 22.7 Å². The summed E-state index contributed by atoms with van der Waals surface area (Å²) < 4.78 is 5.02. The van der Waals surface area contributed by atoms with E-state index in [9.17, 15) is 15.0 Å². The van der Waals surface area contributed by atoms with Crippen molar-refractivity contribution in [3.05, 3.63) is 76.2 Å². The van der Waals surface area contributed by atoms with Crippen molar-refractivity contribution in [3.63, 3.8) is 0 Å². The summed E-state index contributed by atoms with van der Waals surface area (Å²) in [4.78, 5) is 14.3. The summed E-state index contributed by atoms with van der Waals surface area (Å²) in [7, 11) is 0. The first-order valence-electron chi connectivity index (χ1n) is 7.56. The van der Waals surface area contributed by atoms with Crippen molar-refractivity contribution in [2.45, 2.75) is 18.8 Å². The molecule has 0 saturated carbocycles. The summed E-state index contributed by atoms with van der Waals surface area (Å²) >= 11 is 0. The maximum absolute atomic E-state index is 11.6. The SMILES string of the molecule is [N-]=[N+]=Nc1cccc(C(O)C(O)CNC(=O)OCc2ccccc2)c1. The Morgan fingerprint density at radius 1 is 1.20 bits per heavy atom. The monoisotopic (exact) mass is 342 g/mol. The minimum Gasteiger partial charge on any atom is -0.445 e. The van der Waals surface area contributed by atoms with Gasteiger partial charge in [-0.25, -0.2) is 4.79 Å². The molecule has 3 N–H and O–H groups in total. The summed E-state index contributed by atoms with van der Waals surface area (Å²) in [6, 6.07) is 15.4. The van der Waals surface area contributed by atoms with Crippen LogP contribution in [0.1, 0.15) is 17.2 Å². The van der Waals surface area contributed by atoms with Crippen LogP contribution in [0, 0.1) is 0 Å². The Morgan fingerprint density at radius 3 is 2.68 bits per heavy atom. The third-order valence-electron chi connectivity index (χ3n) is 3.40. The third kappa shape index (κ3) is 5.82. The number of benzene rings is 2. The van der Waals surface area contributed by atoms with Gasteiger partial charge in [0.15, 0.2) is 0 Å². The van der Waals surface area contributed by atoms with Gasteiger partial charge in [0, 0.05) is 17.1 Å². The van der Waals surface area contributed by atoms with Gasteiger partial charge in [-0.15, -0.1) is 0 Å². The predicted molar refractivity (Wildman–Crippen MR) is 90.8 cm³/mol. The maximum Gasteiger partial charge on any atom is 0.407 e. The van der Waals surface area contributed by atoms with Gasteiger partial charge in [0.2, 0.25) is 0 Å². The normalized spacial score (nSPS) is 12.6. The van der Waals surface area contributed by atoms with E-state index in [2.05, 4.69) is 15.3 Å². The highest BCUT2D eigenvalue weighted by Gasteiger charge is 2.19. The van der Waals surface area contributed by atoms with Gasteiger partial charge in [-0.3, -0.25) is 0 Å². The van der Waals surface area contributed by atoms with Crippen LogP contribution in [0.5, 0.6) is 0 Å². The number of nitrogens with one attached hydrogen (secondary N) is 1. The van der Waals surface area contributed by atoms with Crippen molar-refractivity contribution < 1.29 is 19.7 Å². The first-order valence-corrected chi connectivity index (χ1v) is 7.56. The molecule has 130 valence electrons. The quantitative estimate of drug-likeness (QED) is 0.406. The zero-order valence-corrected chi connectivity index (χ0v) is 13.3. The molecule has 25 heavy (non-hydrogen) atoms. The minimum atomic E-state index is -1.25. The van der Waals surface area contributed by atoms with Gasteiger partial charge in [-0.1, -0.05) is 53.6 Å². The highest BCUT2D eigenvalue weighted by Crippen LogP contribution is 2.22. The van der Waals surface area contributed by atoms with Gasteiger partial charge < -0.3 is 20.3 Å². The van der Waals surface area contributed by atoms with Crippen LogP contribution in [0.4, 0.5) is 10.5 Å². The van der Waals surface area contributed by atoms with Gasteiger partial charge in [-0.2, -0.15) is 0 Å². The van der Waals surface area contributed by atoms with Gasteiger partial charge in [0.1, 0.15) is 18.8 Å². The van der Waals surface area contributed by atoms with E-state index in [1.165, 1.54) is 6.07 Å². The molecule has 0 aliphatic carbocycles. The average Bonchev–Trinajstić information content (AvgIpc) is 2.65. The molecular formula is C17H18N4O4. The zero-order valence-electron chi connectivity index (χ0n) is 13.3. The fourth-order valence-corrected chi connectivity index (χ4v) is 2.12. The fraction of sp³-hybridized carbons (Fsp3) is 0.235. The van der Waals surface area contributed by atoms with E-state index >= 15 is 0 Å². The molecule has 0 aliphatic heterocycles. The summed E-state index contributed by atoms with van der Waals surface area (Å²) in [5, 5.41) is 26.0. The topological polar surface area (TPSA) is 128 Å². The third-order valence-corrected chi connectivity index (χ3v) is 3.40.